The van der Waals surface area contributed by atoms with E-state index in [-0.39, 0.29) is 0 Å². The average Bonchev–Trinajstić information content (AvgIpc) is 2.89. The first-order chi connectivity index (χ1) is 10.3. The Morgan fingerprint density at radius 1 is 1.05 bits per heavy atom. The third-order valence-electron chi connectivity index (χ3n) is 3.21. The van der Waals surface area contributed by atoms with Crippen molar-refractivity contribution >= 4 is 11.3 Å². The molecule has 0 aromatic carbocycles. The first-order valence-electron chi connectivity index (χ1n) is 7.90. The van der Waals surface area contributed by atoms with Gasteiger partial charge in [0, 0.05) is 55.7 Å². The number of hydrogen-bond acceptors (Lipinski definition) is 5. The summed E-state index contributed by atoms with van der Waals surface area (Å²) >= 11 is 1.86. The van der Waals surface area contributed by atoms with Crippen molar-refractivity contribution in [2.75, 3.05) is 52.6 Å². The maximum Gasteiger partial charge on any atom is 0.0593 e. The van der Waals surface area contributed by atoms with Crippen LogP contribution in [0.1, 0.15) is 23.6 Å². The number of hydrogen-bond donors (Lipinski definition) is 1. The summed E-state index contributed by atoms with van der Waals surface area (Å²) in [5.41, 5.74) is 0. The molecule has 122 valence electrons. The number of rotatable bonds is 13. The van der Waals surface area contributed by atoms with Crippen LogP contribution in [0.4, 0.5) is 0 Å². The van der Waals surface area contributed by atoms with E-state index in [1.54, 1.807) is 0 Å². The van der Waals surface area contributed by atoms with Crippen LogP contribution in [0, 0.1) is 6.92 Å². The van der Waals surface area contributed by atoms with Crippen molar-refractivity contribution in [3.63, 3.8) is 0 Å². The first kappa shape index (κ1) is 18.6. The summed E-state index contributed by atoms with van der Waals surface area (Å²) in [5, 5.41) is 3.51. The monoisotopic (exact) mass is 314 g/mol. The molecule has 4 nitrogen and oxygen atoms in total. The Morgan fingerprint density at radius 2 is 1.71 bits per heavy atom. The minimum absolute atomic E-state index is 0.787. The van der Waals surface area contributed by atoms with Crippen molar-refractivity contribution in [2.45, 2.75) is 27.3 Å². The molecule has 0 fully saturated rings. The molecule has 0 aliphatic rings. The van der Waals surface area contributed by atoms with Crippen LogP contribution in [0.25, 0.3) is 0 Å². The molecule has 0 radical (unpaired) electrons. The van der Waals surface area contributed by atoms with Crippen molar-refractivity contribution < 1.29 is 9.47 Å². The van der Waals surface area contributed by atoms with E-state index in [0.717, 1.165) is 59.2 Å². The van der Waals surface area contributed by atoms with Crippen molar-refractivity contribution in [1.82, 2.24) is 10.2 Å². The highest BCUT2D eigenvalue weighted by molar-refractivity contribution is 7.11. The molecule has 0 saturated carbocycles. The van der Waals surface area contributed by atoms with Gasteiger partial charge in [-0.1, -0.05) is 0 Å². The third kappa shape index (κ3) is 9.22. The highest BCUT2D eigenvalue weighted by Crippen LogP contribution is 2.14. The van der Waals surface area contributed by atoms with E-state index < -0.39 is 0 Å². The van der Waals surface area contributed by atoms with Gasteiger partial charge in [0.05, 0.1) is 13.2 Å². The smallest absolute Gasteiger partial charge is 0.0593 e. The second-order valence-corrected chi connectivity index (χ2v) is 6.30. The normalized spacial score (nSPS) is 11.4. The van der Waals surface area contributed by atoms with Crippen molar-refractivity contribution in [1.29, 1.82) is 0 Å². The van der Waals surface area contributed by atoms with Gasteiger partial charge < -0.3 is 14.8 Å². The summed E-state index contributed by atoms with van der Waals surface area (Å²) in [5.74, 6) is 0. The Labute approximate surface area is 133 Å². The Balaban J connectivity index is 2.17. The van der Waals surface area contributed by atoms with Crippen molar-refractivity contribution in [3.05, 3.63) is 21.9 Å². The minimum atomic E-state index is 0.787. The standard InChI is InChI=1S/C16H30N2O2S/c1-4-19-12-10-18(11-13-20-5-2)9-8-17-14-16-7-6-15(3)21-16/h6-7,17H,4-5,8-14H2,1-3H3. The Morgan fingerprint density at radius 3 is 2.24 bits per heavy atom. The second kappa shape index (κ2) is 12.1. The van der Waals surface area contributed by atoms with Crippen LogP contribution in [-0.2, 0) is 16.0 Å². The van der Waals surface area contributed by atoms with E-state index in [0.29, 0.717) is 0 Å². The summed E-state index contributed by atoms with van der Waals surface area (Å²) in [7, 11) is 0. The molecule has 1 aromatic rings. The largest absolute Gasteiger partial charge is 0.380 e. The van der Waals surface area contributed by atoms with Crippen molar-refractivity contribution in [3.8, 4) is 0 Å². The van der Waals surface area contributed by atoms with Gasteiger partial charge in [0.25, 0.3) is 0 Å². The predicted octanol–water partition coefficient (Wildman–Crippen LogP) is 2.52. The second-order valence-electron chi connectivity index (χ2n) is 4.92. The molecule has 0 amide bonds. The molecule has 0 bridgehead atoms. The third-order valence-corrected chi connectivity index (χ3v) is 4.21. The van der Waals surface area contributed by atoms with Gasteiger partial charge in [-0.15, -0.1) is 11.3 Å². The van der Waals surface area contributed by atoms with Crippen LogP contribution in [0.3, 0.4) is 0 Å². The zero-order valence-corrected chi connectivity index (χ0v) is 14.5. The van der Waals surface area contributed by atoms with Crippen LogP contribution < -0.4 is 5.32 Å². The summed E-state index contributed by atoms with van der Waals surface area (Å²) < 4.78 is 10.9. The zero-order chi connectivity index (χ0) is 15.3. The molecule has 5 heteroatoms. The lowest BCUT2D eigenvalue weighted by molar-refractivity contribution is 0.0832. The summed E-state index contributed by atoms with van der Waals surface area (Å²) in [4.78, 5) is 5.18. The first-order valence-corrected chi connectivity index (χ1v) is 8.71. The van der Waals surface area contributed by atoms with E-state index in [2.05, 4.69) is 29.3 Å². The lowest BCUT2D eigenvalue weighted by Crippen LogP contribution is -2.36. The molecule has 0 unspecified atom stereocenters. The van der Waals surface area contributed by atoms with Crippen LogP contribution in [0.5, 0.6) is 0 Å². The molecule has 0 atom stereocenters. The summed E-state index contributed by atoms with van der Waals surface area (Å²) in [6.07, 6.45) is 0. The average molecular weight is 314 g/mol. The molecule has 1 aromatic heterocycles. The SMILES string of the molecule is CCOCCN(CCNCc1ccc(C)s1)CCOCC. The van der Waals surface area contributed by atoms with E-state index in [1.165, 1.54) is 9.75 Å². The zero-order valence-electron chi connectivity index (χ0n) is 13.7. The molecule has 0 spiro atoms. The van der Waals surface area contributed by atoms with Gasteiger partial charge in [0.15, 0.2) is 0 Å². The van der Waals surface area contributed by atoms with E-state index in [1.807, 2.05) is 25.2 Å². The van der Waals surface area contributed by atoms with Crippen LogP contribution >= 0.6 is 11.3 Å². The van der Waals surface area contributed by atoms with Crippen molar-refractivity contribution in [2.24, 2.45) is 0 Å². The molecule has 0 saturated heterocycles. The van der Waals surface area contributed by atoms with Gasteiger partial charge in [0.2, 0.25) is 0 Å². The minimum Gasteiger partial charge on any atom is -0.380 e. The molecular formula is C16H30N2O2S. The van der Waals surface area contributed by atoms with Gasteiger partial charge in [-0.3, -0.25) is 4.90 Å². The molecule has 0 aliphatic carbocycles. The Bertz CT molecular complexity index is 348. The van der Waals surface area contributed by atoms with Gasteiger partial charge >= 0.3 is 0 Å². The van der Waals surface area contributed by atoms with Crippen LogP contribution in [0.15, 0.2) is 12.1 Å². The molecular weight excluding hydrogens is 284 g/mol. The van der Waals surface area contributed by atoms with Gasteiger partial charge in [-0.25, -0.2) is 0 Å². The molecule has 1 heterocycles. The fraction of sp³-hybridized carbons (Fsp3) is 0.750. The van der Waals surface area contributed by atoms with Crippen LogP contribution in [-0.4, -0.2) is 57.5 Å². The number of thiophene rings is 1. The predicted molar refractivity (Wildman–Crippen MR) is 90.2 cm³/mol. The maximum atomic E-state index is 5.45. The summed E-state index contributed by atoms with van der Waals surface area (Å²) in [6, 6.07) is 4.38. The number of nitrogens with zero attached hydrogens (tertiary/aromatic N) is 1. The van der Waals surface area contributed by atoms with Gasteiger partial charge in [-0.05, 0) is 32.9 Å². The maximum absolute atomic E-state index is 5.45. The fourth-order valence-electron chi connectivity index (χ4n) is 2.04. The summed E-state index contributed by atoms with van der Waals surface area (Å²) in [6.45, 7) is 14.3. The molecule has 21 heavy (non-hydrogen) atoms. The van der Waals surface area contributed by atoms with E-state index in [9.17, 15) is 0 Å². The highest BCUT2D eigenvalue weighted by Gasteiger charge is 2.04. The Kier molecular flexibility index (Phi) is 10.7. The molecule has 1 N–H and O–H groups in total. The number of aryl methyl sites for hydroxylation is 1. The quantitative estimate of drug-likeness (QED) is 0.567. The lowest BCUT2D eigenvalue weighted by Gasteiger charge is -2.22. The lowest BCUT2D eigenvalue weighted by atomic mass is 10.4. The molecule has 0 aliphatic heterocycles. The number of nitrogens with one attached hydrogen (secondary N) is 1. The van der Waals surface area contributed by atoms with Crippen LogP contribution in [0.2, 0.25) is 0 Å². The van der Waals surface area contributed by atoms with E-state index in [4.69, 9.17) is 9.47 Å². The fourth-order valence-corrected chi connectivity index (χ4v) is 2.90. The van der Waals surface area contributed by atoms with E-state index >= 15 is 0 Å². The molecule has 1 rings (SSSR count). The highest BCUT2D eigenvalue weighted by atomic mass is 32.1. The number of ether oxygens (including phenoxy) is 2. The Hall–Kier alpha value is -0.460. The van der Waals surface area contributed by atoms with Gasteiger partial charge in [-0.2, -0.15) is 0 Å². The topological polar surface area (TPSA) is 33.7 Å². The van der Waals surface area contributed by atoms with Gasteiger partial charge in [0.1, 0.15) is 0 Å².